The Balaban J connectivity index is 1.63. The molecule has 1 fully saturated rings. The van der Waals surface area contributed by atoms with Crippen molar-refractivity contribution in [3.8, 4) is 0 Å². The van der Waals surface area contributed by atoms with Crippen LogP contribution in [-0.4, -0.2) is 35.4 Å². The number of rotatable bonds is 5. The highest BCUT2D eigenvalue weighted by molar-refractivity contribution is 7.09. The Morgan fingerprint density at radius 2 is 2.23 bits per heavy atom. The van der Waals surface area contributed by atoms with Gasteiger partial charge in [-0.1, -0.05) is 30.3 Å². The minimum Gasteiger partial charge on any atom is -0.358 e. The van der Waals surface area contributed by atoms with Crippen LogP contribution in [0.2, 0.25) is 0 Å². The van der Waals surface area contributed by atoms with Gasteiger partial charge in [0.2, 0.25) is 5.91 Å². The van der Waals surface area contributed by atoms with E-state index >= 15 is 0 Å². The molecule has 0 spiro atoms. The van der Waals surface area contributed by atoms with Crippen LogP contribution in [0.3, 0.4) is 0 Å². The monoisotopic (exact) mass is 315 g/mol. The van der Waals surface area contributed by atoms with Gasteiger partial charge in [-0.05, 0) is 24.9 Å². The highest BCUT2D eigenvalue weighted by atomic mass is 32.1. The third-order valence-corrected chi connectivity index (χ3v) is 4.97. The predicted octanol–water partition coefficient (Wildman–Crippen LogP) is 2.44. The smallest absolute Gasteiger partial charge is 0.237 e. The Hall–Kier alpha value is -1.72. The fourth-order valence-electron chi connectivity index (χ4n) is 2.96. The summed E-state index contributed by atoms with van der Waals surface area (Å²) in [6.07, 6.45) is 2.91. The number of aromatic nitrogens is 1. The molecule has 116 valence electrons. The van der Waals surface area contributed by atoms with Gasteiger partial charge in [0.15, 0.2) is 0 Å². The molecule has 0 bridgehead atoms. The van der Waals surface area contributed by atoms with Gasteiger partial charge in [-0.15, -0.1) is 11.3 Å². The molecule has 1 atom stereocenters. The maximum Gasteiger partial charge on any atom is 0.237 e. The van der Waals surface area contributed by atoms with Gasteiger partial charge in [0.25, 0.3) is 0 Å². The zero-order valence-electron chi connectivity index (χ0n) is 12.8. The summed E-state index contributed by atoms with van der Waals surface area (Å²) in [7, 11) is 1.71. The number of carbonyl (C=O) groups excluding carboxylic acids is 1. The van der Waals surface area contributed by atoms with E-state index in [1.54, 1.807) is 18.4 Å². The minimum absolute atomic E-state index is 0.00396. The van der Waals surface area contributed by atoms with Crippen molar-refractivity contribution in [3.63, 3.8) is 0 Å². The fourth-order valence-corrected chi connectivity index (χ4v) is 3.78. The Morgan fingerprint density at radius 3 is 3.00 bits per heavy atom. The number of nitrogens with one attached hydrogen (secondary N) is 1. The van der Waals surface area contributed by atoms with E-state index in [0.717, 1.165) is 43.1 Å². The third kappa shape index (κ3) is 3.54. The highest BCUT2D eigenvalue weighted by Gasteiger charge is 2.30. The Bertz CT molecular complexity index is 626. The van der Waals surface area contributed by atoms with Crippen molar-refractivity contribution >= 4 is 17.2 Å². The first-order chi connectivity index (χ1) is 10.8. The Morgan fingerprint density at radius 1 is 1.41 bits per heavy atom. The molecule has 0 saturated carbocycles. The Labute approximate surface area is 135 Å². The summed E-state index contributed by atoms with van der Waals surface area (Å²) < 4.78 is 0. The normalized spacial score (nSPS) is 18.5. The molecule has 1 amide bonds. The van der Waals surface area contributed by atoms with Crippen LogP contribution in [0.15, 0.2) is 35.7 Å². The van der Waals surface area contributed by atoms with Crippen molar-refractivity contribution in [2.75, 3.05) is 13.6 Å². The zero-order chi connectivity index (χ0) is 15.4. The number of hydrogen-bond acceptors (Lipinski definition) is 4. The summed E-state index contributed by atoms with van der Waals surface area (Å²) in [5.41, 5.74) is 2.36. The van der Waals surface area contributed by atoms with Crippen LogP contribution < -0.4 is 5.32 Å². The molecule has 0 aliphatic carbocycles. The maximum absolute atomic E-state index is 11.9. The van der Waals surface area contributed by atoms with E-state index in [1.165, 1.54) is 5.56 Å². The lowest BCUT2D eigenvalue weighted by atomic mass is 10.2. The number of amides is 1. The van der Waals surface area contributed by atoms with Crippen molar-refractivity contribution in [1.82, 2.24) is 15.2 Å². The predicted molar refractivity (Wildman–Crippen MR) is 88.9 cm³/mol. The van der Waals surface area contributed by atoms with E-state index in [0.29, 0.717) is 0 Å². The molecular formula is C17H21N3OS. The molecule has 1 N–H and O–H groups in total. The number of thiazole rings is 1. The molecule has 5 heteroatoms. The average molecular weight is 315 g/mol. The molecule has 3 rings (SSSR count). The van der Waals surface area contributed by atoms with Crippen molar-refractivity contribution < 1.29 is 4.79 Å². The summed E-state index contributed by atoms with van der Waals surface area (Å²) in [5.74, 6) is 0.122. The lowest BCUT2D eigenvalue weighted by Gasteiger charge is -2.21. The van der Waals surface area contributed by atoms with Crippen molar-refractivity contribution in [2.45, 2.75) is 31.8 Å². The summed E-state index contributed by atoms with van der Waals surface area (Å²) in [5, 5.41) is 6.02. The van der Waals surface area contributed by atoms with E-state index in [-0.39, 0.29) is 11.9 Å². The molecule has 4 nitrogen and oxygen atoms in total. The van der Waals surface area contributed by atoms with Gasteiger partial charge in [-0.2, -0.15) is 0 Å². The second-order valence-corrected chi connectivity index (χ2v) is 6.58. The number of benzene rings is 1. The lowest BCUT2D eigenvalue weighted by molar-refractivity contribution is -0.125. The van der Waals surface area contributed by atoms with E-state index < -0.39 is 0 Å². The first kappa shape index (κ1) is 15.2. The van der Waals surface area contributed by atoms with Crippen LogP contribution in [0.1, 0.15) is 29.1 Å². The number of nitrogens with zero attached hydrogens (tertiary/aromatic N) is 2. The molecule has 1 aromatic heterocycles. The first-order valence-corrected chi connectivity index (χ1v) is 8.57. The summed E-state index contributed by atoms with van der Waals surface area (Å²) in [6, 6.07) is 10.4. The molecule has 1 saturated heterocycles. The number of carbonyl (C=O) groups is 1. The van der Waals surface area contributed by atoms with Gasteiger partial charge in [0.1, 0.15) is 0 Å². The molecule has 1 aromatic carbocycles. The van der Waals surface area contributed by atoms with E-state index in [1.807, 2.05) is 6.07 Å². The molecule has 2 aromatic rings. The molecule has 2 heterocycles. The minimum atomic E-state index is 0.00396. The van der Waals surface area contributed by atoms with E-state index in [9.17, 15) is 4.79 Å². The van der Waals surface area contributed by atoms with E-state index in [4.69, 9.17) is 4.98 Å². The van der Waals surface area contributed by atoms with Gasteiger partial charge in [0, 0.05) is 25.4 Å². The molecule has 1 aliphatic rings. The third-order valence-electron chi connectivity index (χ3n) is 4.08. The average Bonchev–Trinajstić information content (AvgIpc) is 3.18. The van der Waals surface area contributed by atoms with E-state index in [2.05, 4.69) is 39.9 Å². The lowest BCUT2D eigenvalue weighted by Crippen LogP contribution is -2.41. The van der Waals surface area contributed by atoms with Crippen LogP contribution in [0.5, 0.6) is 0 Å². The van der Waals surface area contributed by atoms with Crippen LogP contribution in [0.25, 0.3) is 0 Å². The SMILES string of the molecule is CNC(=O)C1CCCN1Cc1csc(Cc2ccccc2)n1. The second kappa shape index (κ2) is 7.03. The summed E-state index contributed by atoms with van der Waals surface area (Å²) >= 11 is 1.70. The van der Waals surface area contributed by atoms with Gasteiger partial charge in [-0.3, -0.25) is 9.69 Å². The molecule has 22 heavy (non-hydrogen) atoms. The van der Waals surface area contributed by atoms with Crippen LogP contribution in [0.4, 0.5) is 0 Å². The maximum atomic E-state index is 11.9. The number of likely N-dealkylation sites (tertiary alicyclic amines) is 1. The molecular weight excluding hydrogens is 294 g/mol. The van der Waals surface area contributed by atoms with Gasteiger partial charge < -0.3 is 5.32 Å². The Kier molecular flexibility index (Phi) is 4.85. The van der Waals surface area contributed by atoms with Crippen LogP contribution >= 0.6 is 11.3 Å². The highest BCUT2D eigenvalue weighted by Crippen LogP contribution is 2.22. The zero-order valence-corrected chi connectivity index (χ0v) is 13.6. The first-order valence-electron chi connectivity index (χ1n) is 7.69. The second-order valence-electron chi connectivity index (χ2n) is 5.64. The van der Waals surface area contributed by atoms with Crippen molar-refractivity contribution in [3.05, 3.63) is 52.0 Å². The van der Waals surface area contributed by atoms with Gasteiger partial charge in [0.05, 0.1) is 16.7 Å². The summed E-state index contributed by atoms with van der Waals surface area (Å²) in [6.45, 7) is 1.74. The fraction of sp³-hybridized carbons (Fsp3) is 0.412. The standard InChI is InChI=1S/C17H21N3OS/c1-18-17(21)15-8-5-9-20(15)11-14-12-22-16(19-14)10-13-6-3-2-4-7-13/h2-4,6-7,12,15H,5,8-11H2,1H3,(H,18,21). The van der Waals surface area contributed by atoms with Crippen molar-refractivity contribution in [2.24, 2.45) is 0 Å². The molecule has 1 aliphatic heterocycles. The number of hydrogen-bond donors (Lipinski definition) is 1. The topological polar surface area (TPSA) is 45.2 Å². The number of likely N-dealkylation sites (N-methyl/N-ethyl adjacent to an activating group) is 1. The van der Waals surface area contributed by atoms with Crippen LogP contribution in [0, 0.1) is 0 Å². The van der Waals surface area contributed by atoms with Crippen LogP contribution in [-0.2, 0) is 17.8 Å². The van der Waals surface area contributed by atoms with Crippen molar-refractivity contribution in [1.29, 1.82) is 0 Å². The van der Waals surface area contributed by atoms with Gasteiger partial charge >= 0.3 is 0 Å². The molecule has 0 radical (unpaired) electrons. The molecule has 1 unspecified atom stereocenters. The quantitative estimate of drug-likeness (QED) is 0.922. The summed E-state index contributed by atoms with van der Waals surface area (Å²) in [4.78, 5) is 18.9. The van der Waals surface area contributed by atoms with Gasteiger partial charge in [-0.25, -0.2) is 4.98 Å². The largest absolute Gasteiger partial charge is 0.358 e.